The highest BCUT2D eigenvalue weighted by Gasteiger charge is 2.27. The molecule has 0 aliphatic heterocycles. The number of carbonyl (C=O) groups excluding carboxylic acids is 2. The first kappa shape index (κ1) is 66.5. The SMILES string of the molecule is CC/C=C\C/C=C\C/C=C\C/C=C\C/C=C\CCCCCCCC(=O)NC(COP(=O)([O-])OCC[N+](C)(C)C)C(/C=C\CCCCCCCCCCC)OC(=O)CCCCCCCCCCCCC. The molecule has 0 radical (unpaired) electrons. The Bertz CT molecular complexity index is 1420. The summed E-state index contributed by atoms with van der Waals surface area (Å²) >= 11 is 0. The number of hydrogen-bond donors (Lipinski definition) is 1. The summed E-state index contributed by atoms with van der Waals surface area (Å²) in [4.78, 5) is 39.7. The van der Waals surface area contributed by atoms with Gasteiger partial charge in [0.2, 0.25) is 5.91 Å². The summed E-state index contributed by atoms with van der Waals surface area (Å²) in [5, 5.41) is 3.01. The largest absolute Gasteiger partial charge is 0.756 e. The van der Waals surface area contributed by atoms with E-state index in [1.165, 1.54) is 96.3 Å². The van der Waals surface area contributed by atoms with E-state index >= 15 is 0 Å². The zero-order valence-electron chi connectivity index (χ0n) is 45.5. The zero-order chi connectivity index (χ0) is 50.8. The van der Waals surface area contributed by atoms with Gasteiger partial charge in [-0.2, -0.15) is 0 Å². The third-order valence-electron chi connectivity index (χ3n) is 12.2. The van der Waals surface area contributed by atoms with Gasteiger partial charge in [0.05, 0.1) is 33.8 Å². The number of phosphoric ester groups is 1. The highest BCUT2D eigenvalue weighted by atomic mass is 31.2. The molecular weight excluding hydrogens is 880 g/mol. The molecule has 0 aliphatic carbocycles. The van der Waals surface area contributed by atoms with Gasteiger partial charge in [-0.1, -0.05) is 222 Å². The van der Waals surface area contributed by atoms with Gasteiger partial charge in [-0.3, -0.25) is 14.2 Å². The topological polar surface area (TPSA) is 114 Å². The number of phosphoric acid groups is 1. The van der Waals surface area contributed by atoms with Crippen molar-refractivity contribution in [3.05, 3.63) is 72.9 Å². The number of unbranched alkanes of at least 4 members (excludes halogenated alkanes) is 24. The molecule has 0 aromatic rings. The van der Waals surface area contributed by atoms with Crippen molar-refractivity contribution in [2.75, 3.05) is 40.9 Å². The Kier molecular flexibility index (Phi) is 47.2. The fraction of sp³-hybridized carbons (Fsp3) is 0.763. The van der Waals surface area contributed by atoms with Crippen LogP contribution in [0.3, 0.4) is 0 Å². The van der Waals surface area contributed by atoms with Crippen LogP contribution in [-0.4, -0.2) is 69.4 Å². The lowest BCUT2D eigenvalue weighted by atomic mass is 10.0. The second-order valence-electron chi connectivity index (χ2n) is 20.1. The Morgan fingerprint density at radius 2 is 0.928 bits per heavy atom. The molecule has 1 N–H and O–H groups in total. The van der Waals surface area contributed by atoms with Crippen LogP contribution >= 0.6 is 7.82 Å². The molecule has 1 amide bonds. The van der Waals surface area contributed by atoms with Gasteiger partial charge in [0, 0.05) is 12.8 Å². The van der Waals surface area contributed by atoms with Crippen LogP contribution in [0, 0.1) is 0 Å². The minimum atomic E-state index is -4.70. The number of hydrogen-bond acceptors (Lipinski definition) is 7. The van der Waals surface area contributed by atoms with E-state index in [0.717, 1.165) is 103 Å². The molecule has 3 atom stereocenters. The average Bonchev–Trinajstić information content (AvgIpc) is 3.31. The second kappa shape index (κ2) is 49.0. The van der Waals surface area contributed by atoms with Crippen molar-refractivity contribution in [1.82, 2.24) is 5.32 Å². The van der Waals surface area contributed by atoms with E-state index in [4.69, 9.17) is 13.8 Å². The summed E-state index contributed by atoms with van der Waals surface area (Å²) < 4.78 is 30.2. The Balaban J connectivity index is 5.29. The molecule has 10 heteroatoms. The quantitative estimate of drug-likeness (QED) is 0.0212. The van der Waals surface area contributed by atoms with Gasteiger partial charge in [-0.05, 0) is 76.7 Å². The van der Waals surface area contributed by atoms with Gasteiger partial charge in [-0.25, -0.2) is 0 Å². The van der Waals surface area contributed by atoms with E-state index in [1.54, 1.807) is 0 Å². The summed E-state index contributed by atoms with van der Waals surface area (Å²) in [7, 11) is 1.16. The van der Waals surface area contributed by atoms with Crippen LogP contribution in [0.15, 0.2) is 72.9 Å². The zero-order valence-corrected chi connectivity index (χ0v) is 46.4. The van der Waals surface area contributed by atoms with E-state index in [9.17, 15) is 19.0 Å². The summed E-state index contributed by atoms with van der Waals surface area (Å²) in [6.45, 7) is 6.69. The van der Waals surface area contributed by atoms with Crippen molar-refractivity contribution < 1.29 is 37.3 Å². The maximum absolute atomic E-state index is 13.5. The summed E-state index contributed by atoms with van der Waals surface area (Å²) in [6.07, 6.45) is 61.5. The first-order valence-electron chi connectivity index (χ1n) is 28.2. The molecule has 0 heterocycles. The lowest BCUT2D eigenvalue weighted by Gasteiger charge is -2.30. The van der Waals surface area contributed by atoms with E-state index in [2.05, 4.69) is 86.8 Å². The fourth-order valence-corrected chi connectivity index (χ4v) is 8.51. The monoisotopic (exact) mass is 987 g/mol. The maximum atomic E-state index is 13.5. The first-order valence-corrected chi connectivity index (χ1v) is 29.7. The van der Waals surface area contributed by atoms with E-state index in [0.29, 0.717) is 23.9 Å². The third-order valence-corrected chi connectivity index (χ3v) is 13.1. The van der Waals surface area contributed by atoms with Crippen LogP contribution in [0.5, 0.6) is 0 Å². The standard InChI is InChI=1S/C59H107N2O7P/c1-7-10-13-16-19-22-25-26-27-28-29-30-31-32-33-34-37-39-42-45-48-51-58(62)60-56(55-67-69(64,65)66-54-53-61(4,5)6)57(50-47-44-41-38-35-23-20-17-14-11-8-2)68-59(63)52-49-46-43-40-36-24-21-18-15-12-9-3/h10,13,19,22,26-27,29-30,32-33,47,50,56-57H,7-9,11-12,14-18,20-21,23-25,28,31,34-46,48-49,51-55H2,1-6H3,(H-,60,62,64,65)/b13-10-,22-19-,27-26-,30-29-,33-32-,50-47-. The van der Waals surface area contributed by atoms with E-state index in [1.807, 2.05) is 33.3 Å². The van der Waals surface area contributed by atoms with Crippen molar-refractivity contribution in [3.63, 3.8) is 0 Å². The van der Waals surface area contributed by atoms with Crippen molar-refractivity contribution in [2.24, 2.45) is 0 Å². The third kappa shape index (κ3) is 50.2. The van der Waals surface area contributed by atoms with Gasteiger partial charge >= 0.3 is 5.97 Å². The minimum Gasteiger partial charge on any atom is -0.756 e. The molecule has 0 bridgehead atoms. The molecule has 69 heavy (non-hydrogen) atoms. The number of ether oxygens (including phenoxy) is 1. The molecular formula is C59H107N2O7P. The average molecular weight is 987 g/mol. The van der Waals surface area contributed by atoms with Crippen LogP contribution in [-0.2, 0) is 27.9 Å². The lowest BCUT2D eigenvalue weighted by Crippen LogP contribution is -2.47. The predicted molar refractivity (Wildman–Crippen MR) is 293 cm³/mol. The lowest BCUT2D eigenvalue weighted by molar-refractivity contribution is -0.870. The van der Waals surface area contributed by atoms with Gasteiger partial charge in [-0.15, -0.1) is 0 Å². The van der Waals surface area contributed by atoms with Gasteiger partial charge in [0.1, 0.15) is 19.3 Å². The van der Waals surface area contributed by atoms with Gasteiger partial charge in [0.25, 0.3) is 7.82 Å². The van der Waals surface area contributed by atoms with Crippen LogP contribution in [0.1, 0.15) is 239 Å². The van der Waals surface area contributed by atoms with Crippen LogP contribution in [0.4, 0.5) is 0 Å². The Morgan fingerprint density at radius 3 is 1.39 bits per heavy atom. The molecule has 0 spiro atoms. The van der Waals surface area contributed by atoms with Crippen LogP contribution in [0.25, 0.3) is 0 Å². The molecule has 0 aromatic heterocycles. The highest BCUT2D eigenvalue weighted by Crippen LogP contribution is 2.38. The maximum Gasteiger partial charge on any atom is 0.306 e. The number of esters is 1. The number of carbonyl (C=O) groups is 2. The van der Waals surface area contributed by atoms with Crippen molar-refractivity contribution in [1.29, 1.82) is 0 Å². The van der Waals surface area contributed by atoms with E-state index in [-0.39, 0.29) is 24.9 Å². The van der Waals surface area contributed by atoms with Gasteiger partial charge < -0.3 is 28.5 Å². The predicted octanol–water partition coefficient (Wildman–Crippen LogP) is 16.3. The first-order chi connectivity index (χ1) is 33.4. The van der Waals surface area contributed by atoms with Crippen molar-refractivity contribution >= 4 is 19.7 Å². The van der Waals surface area contributed by atoms with Crippen LogP contribution < -0.4 is 10.2 Å². The molecule has 400 valence electrons. The second-order valence-corrected chi connectivity index (χ2v) is 21.5. The molecule has 0 aromatic carbocycles. The number of amides is 1. The number of quaternary nitrogens is 1. The Morgan fingerprint density at radius 1 is 0.522 bits per heavy atom. The Hall–Kier alpha value is -2.55. The summed E-state index contributed by atoms with van der Waals surface area (Å²) in [6, 6.07) is -0.897. The molecule has 0 saturated heterocycles. The number of nitrogens with one attached hydrogen (secondary N) is 1. The number of rotatable bonds is 50. The van der Waals surface area contributed by atoms with Crippen molar-refractivity contribution in [2.45, 2.75) is 251 Å². The molecule has 0 aliphatic rings. The Labute approximate surface area is 425 Å². The number of allylic oxidation sites excluding steroid dienone is 11. The highest BCUT2D eigenvalue weighted by molar-refractivity contribution is 7.45. The van der Waals surface area contributed by atoms with Gasteiger partial charge in [0.15, 0.2) is 0 Å². The summed E-state index contributed by atoms with van der Waals surface area (Å²) in [5.41, 5.74) is 0. The number of nitrogens with zero attached hydrogens (tertiary/aromatic N) is 1. The van der Waals surface area contributed by atoms with Crippen LogP contribution in [0.2, 0.25) is 0 Å². The van der Waals surface area contributed by atoms with Crippen molar-refractivity contribution in [3.8, 4) is 0 Å². The normalized spacial score (nSPS) is 14.4. The minimum absolute atomic E-state index is 0.0281. The molecule has 9 nitrogen and oxygen atoms in total. The van der Waals surface area contributed by atoms with E-state index < -0.39 is 26.6 Å². The molecule has 3 unspecified atom stereocenters. The fourth-order valence-electron chi connectivity index (χ4n) is 7.78. The molecule has 0 rings (SSSR count). The molecule has 0 saturated carbocycles. The smallest absolute Gasteiger partial charge is 0.306 e. The molecule has 0 fully saturated rings. The number of likely N-dealkylation sites (N-methyl/N-ethyl adjacent to an activating group) is 1. The summed E-state index contributed by atoms with van der Waals surface area (Å²) in [5.74, 6) is -0.565.